The van der Waals surface area contributed by atoms with E-state index in [-0.39, 0.29) is 22.8 Å². The minimum absolute atomic E-state index is 0.0436. The van der Waals surface area contributed by atoms with E-state index in [9.17, 15) is 9.59 Å². The second kappa shape index (κ2) is 10.2. The quantitative estimate of drug-likeness (QED) is 0.229. The summed E-state index contributed by atoms with van der Waals surface area (Å²) in [6.07, 6.45) is 0. The Morgan fingerprint density at radius 1 is 1.06 bits per heavy atom. The number of anilines is 1. The van der Waals surface area contributed by atoms with Gasteiger partial charge in [0.15, 0.2) is 5.16 Å². The molecule has 2 aromatic heterocycles. The molecule has 0 spiro atoms. The molecular weight excluding hydrogens is 478 g/mol. The third-order valence-electron chi connectivity index (χ3n) is 5.46. The van der Waals surface area contributed by atoms with Crippen LogP contribution in [0.1, 0.15) is 6.92 Å². The molecule has 0 aliphatic heterocycles. The van der Waals surface area contributed by atoms with Crippen LogP contribution < -0.4 is 20.3 Å². The third kappa shape index (κ3) is 4.65. The van der Waals surface area contributed by atoms with Crippen molar-refractivity contribution in [3.63, 3.8) is 0 Å². The molecule has 5 rings (SSSR count). The SMILES string of the molecule is CCOc1ccc(-n2c(SCC(=O)Nc3cccc(OC)c3)nc3c(oc4ccccc43)c2=O)cc1. The molecule has 36 heavy (non-hydrogen) atoms. The molecule has 0 radical (unpaired) electrons. The van der Waals surface area contributed by atoms with Crippen molar-refractivity contribution in [3.8, 4) is 17.2 Å². The molecule has 0 aliphatic rings. The summed E-state index contributed by atoms with van der Waals surface area (Å²) in [5, 5.41) is 3.97. The van der Waals surface area contributed by atoms with E-state index in [0.717, 1.165) is 5.39 Å². The van der Waals surface area contributed by atoms with E-state index in [0.29, 0.717) is 45.7 Å². The Hall–Kier alpha value is -4.24. The number of para-hydroxylation sites is 1. The zero-order valence-corrected chi connectivity index (χ0v) is 20.5. The Kier molecular flexibility index (Phi) is 6.64. The lowest BCUT2D eigenvalue weighted by Gasteiger charge is -2.13. The summed E-state index contributed by atoms with van der Waals surface area (Å²) >= 11 is 1.17. The first-order valence-electron chi connectivity index (χ1n) is 11.3. The third-order valence-corrected chi connectivity index (χ3v) is 6.40. The Bertz CT molecular complexity index is 1610. The number of furan rings is 1. The maximum Gasteiger partial charge on any atom is 0.302 e. The molecule has 1 N–H and O–H groups in total. The number of hydrogen-bond donors (Lipinski definition) is 1. The first-order chi connectivity index (χ1) is 17.6. The Labute approximate surface area is 210 Å². The van der Waals surface area contributed by atoms with Gasteiger partial charge in [-0.3, -0.25) is 14.2 Å². The van der Waals surface area contributed by atoms with Gasteiger partial charge in [0.05, 0.1) is 25.2 Å². The number of aromatic nitrogens is 2. The van der Waals surface area contributed by atoms with Gasteiger partial charge in [0, 0.05) is 17.1 Å². The maximum atomic E-state index is 13.6. The number of rotatable bonds is 8. The van der Waals surface area contributed by atoms with Gasteiger partial charge >= 0.3 is 5.56 Å². The number of carbonyl (C=O) groups is 1. The molecule has 0 saturated heterocycles. The van der Waals surface area contributed by atoms with Gasteiger partial charge < -0.3 is 19.2 Å². The van der Waals surface area contributed by atoms with Crippen LogP contribution in [-0.4, -0.2) is 34.9 Å². The number of nitrogens with one attached hydrogen (secondary N) is 1. The summed E-state index contributed by atoms with van der Waals surface area (Å²) in [6, 6.07) is 21.6. The van der Waals surface area contributed by atoms with Crippen molar-refractivity contribution in [1.29, 1.82) is 0 Å². The number of nitrogens with zero attached hydrogens (tertiary/aromatic N) is 2. The number of ether oxygens (including phenoxy) is 2. The molecule has 0 atom stereocenters. The van der Waals surface area contributed by atoms with Crippen LogP contribution in [0.25, 0.3) is 27.8 Å². The van der Waals surface area contributed by atoms with Crippen molar-refractivity contribution in [2.75, 3.05) is 24.8 Å². The molecule has 2 heterocycles. The van der Waals surface area contributed by atoms with Crippen LogP contribution >= 0.6 is 11.8 Å². The molecule has 3 aromatic carbocycles. The fraction of sp³-hybridized carbons (Fsp3) is 0.148. The van der Waals surface area contributed by atoms with Crippen LogP contribution in [0, 0.1) is 0 Å². The van der Waals surface area contributed by atoms with E-state index < -0.39 is 0 Å². The molecule has 0 bridgehead atoms. The standard InChI is InChI=1S/C27H23N3O5S/c1-3-34-19-13-11-18(12-14-19)30-26(32)25-24(21-9-4-5-10-22(21)35-25)29-27(30)36-16-23(31)28-17-7-6-8-20(15-17)33-2/h4-15H,3,16H2,1-2H3,(H,28,31). The summed E-state index contributed by atoms with van der Waals surface area (Å²) in [5.41, 5.74) is 2.06. The molecule has 0 aliphatic carbocycles. The Balaban J connectivity index is 1.52. The topological polar surface area (TPSA) is 95.6 Å². The van der Waals surface area contributed by atoms with Crippen LogP contribution in [0.3, 0.4) is 0 Å². The zero-order valence-electron chi connectivity index (χ0n) is 19.7. The smallest absolute Gasteiger partial charge is 0.302 e. The van der Waals surface area contributed by atoms with Crippen LogP contribution in [0.15, 0.2) is 87.2 Å². The number of methoxy groups -OCH3 is 1. The molecule has 8 nitrogen and oxygen atoms in total. The number of thioether (sulfide) groups is 1. The van der Waals surface area contributed by atoms with Crippen LogP contribution in [-0.2, 0) is 4.79 Å². The average Bonchev–Trinajstić information content (AvgIpc) is 3.27. The van der Waals surface area contributed by atoms with E-state index in [1.165, 1.54) is 16.3 Å². The van der Waals surface area contributed by atoms with Crippen molar-refractivity contribution >= 4 is 45.4 Å². The molecule has 9 heteroatoms. The van der Waals surface area contributed by atoms with Crippen molar-refractivity contribution in [3.05, 3.63) is 83.2 Å². The normalized spacial score (nSPS) is 11.1. The first kappa shape index (κ1) is 23.5. The molecule has 182 valence electrons. The van der Waals surface area contributed by atoms with Gasteiger partial charge in [-0.2, -0.15) is 0 Å². The Morgan fingerprint density at radius 2 is 1.86 bits per heavy atom. The van der Waals surface area contributed by atoms with Crippen LogP contribution in [0.2, 0.25) is 0 Å². The van der Waals surface area contributed by atoms with Crippen LogP contribution in [0.4, 0.5) is 5.69 Å². The number of benzene rings is 3. The van der Waals surface area contributed by atoms with Gasteiger partial charge in [-0.25, -0.2) is 4.98 Å². The second-order valence-electron chi connectivity index (χ2n) is 7.81. The molecule has 0 saturated carbocycles. The fourth-order valence-corrected chi connectivity index (χ4v) is 4.64. The first-order valence-corrected chi connectivity index (χ1v) is 12.3. The fourth-order valence-electron chi connectivity index (χ4n) is 3.83. The van der Waals surface area contributed by atoms with Crippen molar-refractivity contribution in [2.45, 2.75) is 12.1 Å². The largest absolute Gasteiger partial charge is 0.497 e. The maximum absolute atomic E-state index is 13.6. The van der Waals surface area contributed by atoms with Crippen LogP contribution in [0.5, 0.6) is 11.5 Å². The summed E-state index contributed by atoms with van der Waals surface area (Å²) in [7, 11) is 1.57. The molecule has 0 fully saturated rings. The highest BCUT2D eigenvalue weighted by atomic mass is 32.2. The van der Waals surface area contributed by atoms with Gasteiger partial charge in [-0.15, -0.1) is 0 Å². The highest BCUT2D eigenvalue weighted by Gasteiger charge is 2.20. The molecule has 5 aromatic rings. The minimum Gasteiger partial charge on any atom is -0.497 e. The van der Waals surface area contributed by atoms with E-state index in [2.05, 4.69) is 5.32 Å². The van der Waals surface area contributed by atoms with Gasteiger partial charge in [0.25, 0.3) is 0 Å². The predicted molar refractivity (Wildman–Crippen MR) is 141 cm³/mol. The zero-order chi connectivity index (χ0) is 25.1. The Morgan fingerprint density at radius 3 is 2.64 bits per heavy atom. The second-order valence-corrected chi connectivity index (χ2v) is 8.75. The number of fused-ring (bicyclic) bond motifs is 3. The van der Waals surface area contributed by atoms with E-state index in [4.69, 9.17) is 18.9 Å². The van der Waals surface area contributed by atoms with Crippen molar-refractivity contribution in [1.82, 2.24) is 9.55 Å². The summed E-state index contributed by atoms with van der Waals surface area (Å²) in [6.45, 7) is 2.44. The van der Waals surface area contributed by atoms with E-state index >= 15 is 0 Å². The van der Waals surface area contributed by atoms with Crippen molar-refractivity contribution < 1.29 is 18.7 Å². The summed E-state index contributed by atoms with van der Waals surface area (Å²) < 4.78 is 18.1. The number of carbonyl (C=O) groups excluding carboxylic acids is 1. The number of amides is 1. The predicted octanol–water partition coefficient (Wildman–Crippen LogP) is 5.27. The molecule has 0 unspecified atom stereocenters. The lowest BCUT2D eigenvalue weighted by Crippen LogP contribution is -2.22. The lowest BCUT2D eigenvalue weighted by molar-refractivity contribution is -0.113. The average molecular weight is 502 g/mol. The van der Waals surface area contributed by atoms with E-state index in [1.54, 1.807) is 61.7 Å². The lowest BCUT2D eigenvalue weighted by atomic mass is 10.2. The van der Waals surface area contributed by atoms with Gasteiger partial charge in [-0.05, 0) is 55.5 Å². The van der Waals surface area contributed by atoms with Crippen molar-refractivity contribution in [2.24, 2.45) is 0 Å². The highest BCUT2D eigenvalue weighted by Crippen LogP contribution is 2.29. The van der Waals surface area contributed by atoms with Gasteiger partial charge in [-0.1, -0.05) is 30.0 Å². The summed E-state index contributed by atoms with van der Waals surface area (Å²) in [4.78, 5) is 31.1. The molecule has 1 amide bonds. The number of hydrogen-bond acceptors (Lipinski definition) is 7. The summed E-state index contributed by atoms with van der Waals surface area (Å²) in [5.74, 6) is 1.14. The van der Waals surface area contributed by atoms with Gasteiger partial charge in [0.1, 0.15) is 22.6 Å². The minimum atomic E-state index is -0.351. The monoisotopic (exact) mass is 501 g/mol. The van der Waals surface area contributed by atoms with Gasteiger partial charge in [0.2, 0.25) is 11.5 Å². The molecular formula is C27H23N3O5S. The van der Waals surface area contributed by atoms with E-state index in [1.807, 2.05) is 25.1 Å². The highest BCUT2D eigenvalue weighted by molar-refractivity contribution is 7.99.